The number of H-pyrrole nitrogens is 1. The molecule has 0 spiro atoms. The summed E-state index contributed by atoms with van der Waals surface area (Å²) < 4.78 is 13.5. The smallest absolute Gasteiger partial charge is 0.235 e. The van der Waals surface area contributed by atoms with Crippen molar-refractivity contribution >= 4 is 23.4 Å². The fraction of sp³-hybridized carbons (Fsp3) is 0.381. The molecule has 1 saturated carbocycles. The number of nitrogens with zero attached hydrogens (tertiary/aromatic N) is 4. The Hall–Kier alpha value is -3.16. The zero-order valence-corrected chi connectivity index (χ0v) is 16.3. The van der Waals surface area contributed by atoms with E-state index in [2.05, 4.69) is 26.6 Å². The summed E-state index contributed by atoms with van der Waals surface area (Å²) in [6.07, 6.45) is 4.25. The van der Waals surface area contributed by atoms with Gasteiger partial charge in [-0.25, -0.2) is 4.39 Å². The van der Waals surface area contributed by atoms with Crippen LogP contribution in [0.15, 0.2) is 30.3 Å². The van der Waals surface area contributed by atoms with Crippen molar-refractivity contribution in [2.24, 2.45) is 0 Å². The monoisotopic (exact) mass is 393 g/mol. The first-order valence-electron chi connectivity index (χ1n) is 10.1. The summed E-state index contributed by atoms with van der Waals surface area (Å²) in [6, 6.07) is 8.39. The summed E-state index contributed by atoms with van der Waals surface area (Å²) in [5, 5.41) is 11.0. The second-order valence-corrected chi connectivity index (χ2v) is 7.82. The second kappa shape index (κ2) is 7.02. The quantitative estimate of drug-likeness (QED) is 0.605. The number of nitrogen functional groups attached to an aromatic ring is 1. The van der Waals surface area contributed by atoms with Crippen molar-refractivity contribution in [1.82, 2.24) is 20.2 Å². The van der Waals surface area contributed by atoms with Crippen molar-refractivity contribution in [3.63, 3.8) is 0 Å². The summed E-state index contributed by atoms with van der Waals surface area (Å²) in [7, 11) is 0. The molecule has 1 aromatic carbocycles. The van der Waals surface area contributed by atoms with Crippen LogP contribution in [-0.2, 0) is 6.42 Å². The number of rotatable bonds is 5. The third kappa shape index (κ3) is 3.39. The van der Waals surface area contributed by atoms with Crippen LogP contribution in [0.4, 0.5) is 27.8 Å². The van der Waals surface area contributed by atoms with Crippen molar-refractivity contribution < 1.29 is 4.39 Å². The Balaban J connectivity index is 1.59. The van der Waals surface area contributed by atoms with Gasteiger partial charge in [0.1, 0.15) is 17.5 Å². The summed E-state index contributed by atoms with van der Waals surface area (Å²) in [5.74, 6) is 2.79. The average molecular weight is 393 g/mol. The Morgan fingerprint density at radius 3 is 2.76 bits per heavy atom. The highest BCUT2D eigenvalue weighted by atomic mass is 19.1. The van der Waals surface area contributed by atoms with E-state index >= 15 is 0 Å². The molecule has 0 bridgehead atoms. The molecule has 3 aromatic rings. The van der Waals surface area contributed by atoms with Crippen LogP contribution in [-0.4, -0.2) is 26.7 Å². The first-order valence-corrected chi connectivity index (χ1v) is 10.1. The van der Waals surface area contributed by atoms with E-state index in [9.17, 15) is 4.39 Å². The molecule has 5 rings (SSSR count). The lowest BCUT2D eigenvalue weighted by Gasteiger charge is -2.29. The minimum absolute atomic E-state index is 0.160. The van der Waals surface area contributed by atoms with Gasteiger partial charge >= 0.3 is 0 Å². The molecule has 1 atom stereocenters. The highest BCUT2D eigenvalue weighted by molar-refractivity contribution is 5.65. The van der Waals surface area contributed by atoms with Gasteiger partial charge in [0.05, 0.1) is 6.04 Å². The molecule has 1 aliphatic carbocycles. The zero-order valence-electron chi connectivity index (χ0n) is 16.3. The van der Waals surface area contributed by atoms with Crippen molar-refractivity contribution in [2.45, 2.75) is 44.6 Å². The Bertz CT molecular complexity index is 1030. The normalized spacial score (nSPS) is 16.8. The van der Waals surface area contributed by atoms with Crippen LogP contribution >= 0.6 is 0 Å². The van der Waals surface area contributed by atoms with Crippen LogP contribution in [0.1, 0.15) is 55.0 Å². The van der Waals surface area contributed by atoms with Gasteiger partial charge in [-0.1, -0.05) is 12.1 Å². The maximum atomic E-state index is 13.5. The predicted octanol–water partition coefficient (Wildman–Crippen LogP) is 4.06. The molecule has 1 aliphatic heterocycles. The van der Waals surface area contributed by atoms with E-state index in [4.69, 9.17) is 10.7 Å². The van der Waals surface area contributed by atoms with E-state index in [0.717, 1.165) is 47.8 Å². The van der Waals surface area contributed by atoms with Crippen molar-refractivity contribution in [2.75, 3.05) is 22.5 Å². The molecule has 150 valence electrons. The first-order chi connectivity index (χ1) is 14.1. The Morgan fingerprint density at radius 2 is 2.00 bits per heavy atom. The zero-order chi connectivity index (χ0) is 20.0. The Labute approximate surface area is 168 Å². The summed E-state index contributed by atoms with van der Waals surface area (Å²) in [6.45, 7) is 2.90. The second-order valence-electron chi connectivity index (χ2n) is 7.82. The molecule has 29 heavy (non-hydrogen) atoms. The maximum absolute atomic E-state index is 13.5. The number of hydrogen-bond donors (Lipinski definition) is 3. The number of aromatic amines is 1. The molecule has 8 heteroatoms. The minimum Gasteiger partial charge on any atom is -0.383 e. The van der Waals surface area contributed by atoms with Gasteiger partial charge in [-0.3, -0.25) is 10.00 Å². The van der Waals surface area contributed by atoms with Crippen molar-refractivity contribution in [1.29, 1.82) is 0 Å². The highest BCUT2D eigenvalue weighted by Crippen LogP contribution is 2.42. The molecule has 2 aromatic heterocycles. The van der Waals surface area contributed by atoms with Gasteiger partial charge in [0, 0.05) is 29.8 Å². The van der Waals surface area contributed by atoms with Crippen LogP contribution in [0.5, 0.6) is 0 Å². The van der Waals surface area contributed by atoms with E-state index in [1.54, 1.807) is 12.1 Å². The number of benzene rings is 1. The van der Waals surface area contributed by atoms with Crippen LogP contribution in [0, 0.1) is 5.82 Å². The summed E-state index contributed by atoms with van der Waals surface area (Å²) >= 11 is 0. The van der Waals surface area contributed by atoms with E-state index < -0.39 is 0 Å². The number of nitrogens with one attached hydrogen (secondary N) is 2. The summed E-state index contributed by atoms with van der Waals surface area (Å²) in [5.41, 5.74) is 9.32. The fourth-order valence-corrected chi connectivity index (χ4v) is 3.88. The molecule has 2 aliphatic rings. The fourth-order valence-electron chi connectivity index (χ4n) is 3.88. The number of halogens is 1. The number of fused-ring (bicyclic) bond motifs is 1. The van der Waals surface area contributed by atoms with Crippen LogP contribution in [0.25, 0.3) is 0 Å². The van der Waals surface area contributed by atoms with Gasteiger partial charge in [-0.15, -0.1) is 0 Å². The SMILES string of the molecule is C[C@@H](c1ccc(F)cc1)N(c1cc(C2CC2)[nH]n1)c1nc(N)c2c(n1)NCCC2. The van der Waals surface area contributed by atoms with Gasteiger partial charge in [0.15, 0.2) is 5.82 Å². The number of nitrogens with two attached hydrogens (primary N) is 1. The molecule has 0 amide bonds. The lowest BCUT2D eigenvalue weighted by Crippen LogP contribution is -2.26. The topological polar surface area (TPSA) is 95.8 Å². The average Bonchev–Trinajstić information content (AvgIpc) is 3.47. The summed E-state index contributed by atoms with van der Waals surface area (Å²) in [4.78, 5) is 11.4. The molecule has 0 unspecified atom stereocenters. The van der Waals surface area contributed by atoms with Gasteiger partial charge in [0.2, 0.25) is 5.95 Å². The number of aromatic nitrogens is 4. The third-order valence-electron chi connectivity index (χ3n) is 5.73. The lowest BCUT2D eigenvalue weighted by molar-refractivity contribution is 0.625. The van der Waals surface area contributed by atoms with E-state index in [-0.39, 0.29) is 11.9 Å². The standard InChI is InChI=1S/C21H24FN7/c1-12(13-6-8-15(22)9-7-13)29(18-11-17(27-28-18)14-4-5-14)21-25-19(23)16-3-2-10-24-20(16)26-21/h6-9,11-12,14H,2-5,10H2,1H3,(H,27,28)(H3,23,24,25,26)/t12-/m0/s1. The number of hydrogen-bond acceptors (Lipinski definition) is 6. The lowest BCUT2D eigenvalue weighted by atomic mass is 10.1. The minimum atomic E-state index is -0.262. The third-order valence-corrected chi connectivity index (χ3v) is 5.73. The first kappa shape index (κ1) is 17.9. The molecular formula is C21H24FN7. The molecule has 1 fully saturated rings. The largest absolute Gasteiger partial charge is 0.383 e. The van der Waals surface area contributed by atoms with Gasteiger partial charge in [-0.2, -0.15) is 15.1 Å². The Kier molecular flexibility index (Phi) is 4.34. The van der Waals surface area contributed by atoms with Gasteiger partial charge in [-0.05, 0) is 50.3 Å². The molecule has 4 N–H and O–H groups in total. The molecule has 7 nitrogen and oxygen atoms in total. The van der Waals surface area contributed by atoms with Crippen molar-refractivity contribution in [3.8, 4) is 0 Å². The highest BCUT2D eigenvalue weighted by Gasteiger charge is 2.30. The van der Waals surface area contributed by atoms with E-state index in [1.807, 2.05) is 11.8 Å². The predicted molar refractivity (Wildman–Crippen MR) is 111 cm³/mol. The van der Waals surface area contributed by atoms with Crippen LogP contribution in [0.3, 0.4) is 0 Å². The molecule has 0 radical (unpaired) electrons. The van der Waals surface area contributed by atoms with Gasteiger partial charge in [0.25, 0.3) is 0 Å². The van der Waals surface area contributed by atoms with E-state index in [0.29, 0.717) is 17.7 Å². The Morgan fingerprint density at radius 1 is 1.21 bits per heavy atom. The van der Waals surface area contributed by atoms with Gasteiger partial charge < -0.3 is 11.1 Å². The molecule has 3 heterocycles. The maximum Gasteiger partial charge on any atom is 0.235 e. The van der Waals surface area contributed by atoms with Crippen LogP contribution in [0.2, 0.25) is 0 Å². The molecule has 0 saturated heterocycles. The number of anilines is 4. The van der Waals surface area contributed by atoms with E-state index in [1.165, 1.54) is 25.0 Å². The van der Waals surface area contributed by atoms with Crippen LogP contribution < -0.4 is 16.0 Å². The molecular weight excluding hydrogens is 369 g/mol. The van der Waals surface area contributed by atoms with Crippen molar-refractivity contribution in [3.05, 3.63) is 53.0 Å².